The third-order valence-electron chi connectivity index (χ3n) is 6.01. The highest BCUT2D eigenvalue weighted by Crippen LogP contribution is 2.36. The van der Waals surface area contributed by atoms with Crippen LogP contribution in [0.5, 0.6) is 17.2 Å². The molecule has 4 heteroatoms. The van der Waals surface area contributed by atoms with E-state index in [1.54, 1.807) is 14.2 Å². The molecule has 32 heavy (non-hydrogen) atoms. The number of benzene rings is 3. The molecular weight excluding hydrogens is 398 g/mol. The van der Waals surface area contributed by atoms with Crippen molar-refractivity contribution in [3.63, 3.8) is 0 Å². The summed E-state index contributed by atoms with van der Waals surface area (Å²) in [6, 6.07) is 18.7. The van der Waals surface area contributed by atoms with Crippen molar-refractivity contribution in [3.8, 4) is 17.2 Å². The molecule has 0 amide bonds. The first-order chi connectivity index (χ1) is 15.6. The largest absolute Gasteiger partial charge is 0.497 e. The van der Waals surface area contributed by atoms with Gasteiger partial charge in [-0.05, 0) is 77.9 Å². The highest BCUT2D eigenvalue weighted by molar-refractivity contribution is 5.61. The van der Waals surface area contributed by atoms with E-state index in [9.17, 15) is 0 Å². The number of hydrogen-bond acceptors (Lipinski definition) is 4. The standard InChI is InChI=1S/C28H31NO3/c1-19-14-23(30-3)15-20(2)24(19)10-11-26-25-17-27(31-4)28(16-22(25)12-13-29-26)32-18-21-8-6-5-7-9-21/h5-11,14-17,26,29H,12-13,18H2,1-4H3. The molecule has 0 saturated heterocycles. The molecule has 0 bridgehead atoms. The van der Waals surface area contributed by atoms with Gasteiger partial charge in [0.15, 0.2) is 11.5 Å². The van der Waals surface area contributed by atoms with Crippen LogP contribution in [-0.2, 0) is 13.0 Å². The summed E-state index contributed by atoms with van der Waals surface area (Å²) in [6.07, 6.45) is 5.42. The van der Waals surface area contributed by atoms with Crippen LogP contribution in [0.1, 0.15) is 39.4 Å². The van der Waals surface area contributed by atoms with E-state index in [4.69, 9.17) is 14.2 Å². The minimum Gasteiger partial charge on any atom is -0.497 e. The molecule has 0 radical (unpaired) electrons. The van der Waals surface area contributed by atoms with E-state index < -0.39 is 0 Å². The average Bonchev–Trinajstić information content (AvgIpc) is 2.82. The summed E-state index contributed by atoms with van der Waals surface area (Å²) in [5, 5.41) is 3.63. The fourth-order valence-corrected chi connectivity index (χ4v) is 4.28. The number of ether oxygens (including phenoxy) is 3. The van der Waals surface area contributed by atoms with Gasteiger partial charge in [0.1, 0.15) is 12.4 Å². The predicted molar refractivity (Wildman–Crippen MR) is 130 cm³/mol. The first-order valence-corrected chi connectivity index (χ1v) is 11.0. The number of fused-ring (bicyclic) bond motifs is 1. The first kappa shape index (κ1) is 22.0. The number of aryl methyl sites for hydroxylation is 2. The van der Waals surface area contributed by atoms with Crippen molar-refractivity contribution < 1.29 is 14.2 Å². The maximum Gasteiger partial charge on any atom is 0.161 e. The van der Waals surface area contributed by atoms with Gasteiger partial charge < -0.3 is 19.5 Å². The summed E-state index contributed by atoms with van der Waals surface area (Å²) < 4.78 is 17.2. The van der Waals surface area contributed by atoms with Gasteiger partial charge in [-0.2, -0.15) is 0 Å². The predicted octanol–water partition coefficient (Wildman–Crippen LogP) is 5.80. The van der Waals surface area contributed by atoms with Gasteiger partial charge in [-0.25, -0.2) is 0 Å². The van der Waals surface area contributed by atoms with Crippen molar-refractivity contribution in [2.75, 3.05) is 20.8 Å². The smallest absolute Gasteiger partial charge is 0.161 e. The molecule has 1 aliphatic heterocycles. The highest BCUT2D eigenvalue weighted by atomic mass is 16.5. The Labute approximate surface area is 190 Å². The van der Waals surface area contributed by atoms with Gasteiger partial charge >= 0.3 is 0 Å². The normalized spacial score (nSPS) is 15.4. The van der Waals surface area contributed by atoms with Crippen molar-refractivity contribution >= 4 is 6.08 Å². The van der Waals surface area contributed by atoms with Gasteiger partial charge in [0.2, 0.25) is 0 Å². The van der Waals surface area contributed by atoms with Crippen LogP contribution >= 0.6 is 0 Å². The van der Waals surface area contributed by atoms with Crippen molar-refractivity contribution in [2.24, 2.45) is 0 Å². The van der Waals surface area contributed by atoms with Crippen molar-refractivity contribution in [1.82, 2.24) is 5.32 Å². The molecule has 1 atom stereocenters. The van der Waals surface area contributed by atoms with Crippen LogP contribution in [-0.4, -0.2) is 20.8 Å². The van der Waals surface area contributed by atoms with E-state index in [0.717, 1.165) is 35.8 Å². The summed E-state index contributed by atoms with van der Waals surface area (Å²) in [4.78, 5) is 0. The molecule has 3 aromatic rings. The molecule has 166 valence electrons. The van der Waals surface area contributed by atoms with E-state index in [0.29, 0.717) is 6.61 Å². The lowest BCUT2D eigenvalue weighted by Gasteiger charge is -2.26. The Kier molecular flexibility index (Phi) is 6.81. The Morgan fingerprint density at radius 1 is 0.938 bits per heavy atom. The molecular formula is C28H31NO3. The topological polar surface area (TPSA) is 39.7 Å². The Hall–Kier alpha value is -3.24. The fraction of sp³-hybridized carbons (Fsp3) is 0.286. The van der Waals surface area contributed by atoms with Gasteiger partial charge in [0.05, 0.1) is 20.3 Å². The molecule has 3 aromatic carbocycles. The lowest BCUT2D eigenvalue weighted by molar-refractivity contribution is 0.283. The Morgan fingerprint density at radius 3 is 2.38 bits per heavy atom. The van der Waals surface area contributed by atoms with Gasteiger partial charge in [-0.3, -0.25) is 0 Å². The van der Waals surface area contributed by atoms with E-state index in [2.05, 4.69) is 67.7 Å². The fourth-order valence-electron chi connectivity index (χ4n) is 4.28. The molecule has 0 aliphatic carbocycles. The molecule has 1 heterocycles. The molecule has 1 aliphatic rings. The number of hydrogen-bond donors (Lipinski definition) is 1. The average molecular weight is 430 g/mol. The second-order valence-electron chi connectivity index (χ2n) is 8.19. The molecule has 0 fully saturated rings. The second-order valence-corrected chi connectivity index (χ2v) is 8.19. The monoisotopic (exact) mass is 429 g/mol. The second kappa shape index (κ2) is 9.92. The van der Waals surface area contributed by atoms with Gasteiger partial charge in [0.25, 0.3) is 0 Å². The Bertz CT molecular complexity index is 1080. The minimum absolute atomic E-state index is 0.122. The Morgan fingerprint density at radius 2 is 1.69 bits per heavy atom. The Balaban J connectivity index is 1.59. The van der Waals surface area contributed by atoms with E-state index in [-0.39, 0.29) is 6.04 Å². The number of rotatable bonds is 7. The van der Waals surface area contributed by atoms with Crippen molar-refractivity contribution in [1.29, 1.82) is 0 Å². The number of nitrogens with one attached hydrogen (secondary N) is 1. The zero-order valence-electron chi connectivity index (χ0n) is 19.3. The summed E-state index contributed by atoms with van der Waals surface area (Å²) >= 11 is 0. The number of methoxy groups -OCH3 is 2. The molecule has 1 N–H and O–H groups in total. The molecule has 4 nitrogen and oxygen atoms in total. The molecule has 0 saturated carbocycles. The maximum absolute atomic E-state index is 6.12. The van der Waals surface area contributed by atoms with Crippen LogP contribution in [0.25, 0.3) is 6.08 Å². The zero-order valence-corrected chi connectivity index (χ0v) is 19.3. The van der Waals surface area contributed by atoms with Crippen LogP contribution in [0, 0.1) is 13.8 Å². The SMILES string of the molecule is COc1cc(C)c(C=CC2NCCc3cc(OCc4ccccc4)c(OC)cc32)c(C)c1. The molecule has 1 unspecified atom stereocenters. The van der Waals surface area contributed by atoms with Gasteiger partial charge in [-0.15, -0.1) is 0 Å². The lowest BCUT2D eigenvalue weighted by atomic mass is 9.92. The summed E-state index contributed by atoms with van der Waals surface area (Å²) in [7, 11) is 3.40. The van der Waals surface area contributed by atoms with Gasteiger partial charge in [0, 0.05) is 6.54 Å². The van der Waals surface area contributed by atoms with Gasteiger partial charge in [-0.1, -0.05) is 42.5 Å². The van der Waals surface area contributed by atoms with Crippen LogP contribution in [0.3, 0.4) is 0 Å². The van der Waals surface area contributed by atoms with E-state index in [1.165, 1.54) is 27.8 Å². The summed E-state index contributed by atoms with van der Waals surface area (Å²) in [5.41, 5.74) is 7.31. The molecule has 4 rings (SSSR count). The minimum atomic E-state index is 0.122. The van der Waals surface area contributed by atoms with E-state index in [1.807, 2.05) is 18.2 Å². The summed E-state index contributed by atoms with van der Waals surface area (Å²) in [6.45, 7) is 5.69. The third kappa shape index (κ3) is 4.81. The van der Waals surface area contributed by atoms with Crippen LogP contribution in [0.2, 0.25) is 0 Å². The third-order valence-corrected chi connectivity index (χ3v) is 6.01. The van der Waals surface area contributed by atoms with Crippen LogP contribution in [0.15, 0.2) is 60.7 Å². The molecule has 0 aromatic heterocycles. The maximum atomic E-state index is 6.12. The summed E-state index contributed by atoms with van der Waals surface area (Å²) in [5.74, 6) is 2.45. The lowest BCUT2D eigenvalue weighted by Crippen LogP contribution is -2.28. The van der Waals surface area contributed by atoms with Crippen LogP contribution < -0.4 is 19.5 Å². The first-order valence-electron chi connectivity index (χ1n) is 11.0. The van der Waals surface area contributed by atoms with Crippen molar-refractivity contribution in [2.45, 2.75) is 32.9 Å². The van der Waals surface area contributed by atoms with Crippen molar-refractivity contribution in [3.05, 3.63) is 94.1 Å². The van der Waals surface area contributed by atoms with E-state index >= 15 is 0 Å². The van der Waals surface area contributed by atoms with Crippen LogP contribution in [0.4, 0.5) is 0 Å². The molecule has 0 spiro atoms. The highest BCUT2D eigenvalue weighted by Gasteiger charge is 2.21. The quantitative estimate of drug-likeness (QED) is 0.515. The zero-order chi connectivity index (χ0) is 22.5.